The molecule has 1 nitrogen and oxygen atoms in total. The van der Waals surface area contributed by atoms with E-state index in [9.17, 15) is 4.79 Å². The van der Waals surface area contributed by atoms with Gasteiger partial charge < -0.3 is 0 Å². The summed E-state index contributed by atoms with van der Waals surface area (Å²) in [7, 11) is 0. The predicted molar refractivity (Wildman–Crippen MR) is 75.7 cm³/mol. The lowest BCUT2D eigenvalue weighted by Gasteiger charge is -2.28. The van der Waals surface area contributed by atoms with Crippen LogP contribution in [-0.2, 0) is 19.3 Å². The number of carbonyl (C=O) groups is 1. The molecule has 4 rings (SSSR count). The number of benzene rings is 2. The molecule has 0 radical (unpaired) electrons. The summed E-state index contributed by atoms with van der Waals surface area (Å²) in [6, 6.07) is 14.6. The van der Waals surface area contributed by atoms with Crippen LogP contribution in [0.3, 0.4) is 0 Å². The van der Waals surface area contributed by atoms with E-state index < -0.39 is 0 Å². The number of ketones is 1. The van der Waals surface area contributed by atoms with Gasteiger partial charge in [-0.1, -0.05) is 36.4 Å². The first-order valence-corrected chi connectivity index (χ1v) is 7.07. The lowest BCUT2D eigenvalue weighted by molar-refractivity contribution is 0.0949. The maximum Gasteiger partial charge on any atom is 0.170 e. The minimum Gasteiger partial charge on any atom is -0.293 e. The third-order valence-electron chi connectivity index (χ3n) is 4.55. The molecule has 0 aromatic heterocycles. The maximum atomic E-state index is 12.6. The Hall–Kier alpha value is -1.89. The smallest absolute Gasteiger partial charge is 0.170 e. The SMILES string of the molecule is O=C(c1ccc2c(c1)CCC2)C1Cc2ccccc21. The molecule has 94 valence electrons. The van der Waals surface area contributed by atoms with Gasteiger partial charge in [0.15, 0.2) is 5.78 Å². The number of carbonyl (C=O) groups excluding carboxylic acids is 1. The van der Waals surface area contributed by atoms with Crippen LogP contribution in [0, 0.1) is 0 Å². The Bertz CT molecular complexity index is 669. The predicted octanol–water partition coefficient (Wildman–Crippen LogP) is 3.70. The quantitative estimate of drug-likeness (QED) is 0.741. The fraction of sp³-hybridized carbons (Fsp3) is 0.278. The van der Waals surface area contributed by atoms with Gasteiger partial charge in [-0.2, -0.15) is 0 Å². The molecule has 0 N–H and O–H groups in total. The second-order valence-corrected chi connectivity index (χ2v) is 5.66. The molecule has 2 aromatic carbocycles. The van der Waals surface area contributed by atoms with Gasteiger partial charge in [0.05, 0.1) is 5.92 Å². The summed E-state index contributed by atoms with van der Waals surface area (Å²) < 4.78 is 0. The lowest BCUT2D eigenvalue weighted by atomic mass is 9.73. The van der Waals surface area contributed by atoms with Crippen LogP contribution in [0.5, 0.6) is 0 Å². The standard InChI is InChI=1S/C18H16O/c19-18(17-11-14-4-1-2-7-16(14)17)15-9-8-12-5-3-6-13(12)10-15/h1-2,4,7-10,17H,3,5-6,11H2. The summed E-state index contributed by atoms with van der Waals surface area (Å²) in [6.45, 7) is 0. The molecule has 0 aliphatic heterocycles. The molecular weight excluding hydrogens is 232 g/mol. The summed E-state index contributed by atoms with van der Waals surface area (Å²) in [5.74, 6) is 0.393. The average molecular weight is 248 g/mol. The van der Waals surface area contributed by atoms with Crippen molar-refractivity contribution in [1.29, 1.82) is 0 Å². The molecular formula is C18H16O. The highest BCUT2D eigenvalue weighted by atomic mass is 16.1. The molecule has 0 saturated heterocycles. The van der Waals surface area contributed by atoms with Crippen LogP contribution in [0.4, 0.5) is 0 Å². The average Bonchev–Trinajstić information content (AvgIpc) is 2.87. The Morgan fingerprint density at radius 2 is 1.79 bits per heavy atom. The molecule has 2 aliphatic carbocycles. The largest absolute Gasteiger partial charge is 0.293 e. The van der Waals surface area contributed by atoms with E-state index in [4.69, 9.17) is 0 Å². The van der Waals surface area contributed by atoms with Gasteiger partial charge in [0, 0.05) is 5.56 Å². The Morgan fingerprint density at radius 3 is 2.68 bits per heavy atom. The molecule has 19 heavy (non-hydrogen) atoms. The summed E-state index contributed by atoms with van der Waals surface area (Å²) in [5.41, 5.74) is 6.29. The first-order chi connectivity index (χ1) is 9.33. The molecule has 2 aliphatic rings. The van der Waals surface area contributed by atoms with Crippen LogP contribution in [0.1, 0.15) is 45.0 Å². The van der Waals surface area contributed by atoms with Gasteiger partial charge in [0.25, 0.3) is 0 Å². The monoisotopic (exact) mass is 248 g/mol. The van der Waals surface area contributed by atoms with Crippen molar-refractivity contribution >= 4 is 5.78 Å². The Kier molecular flexibility index (Phi) is 2.34. The molecule has 2 aromatic rings. The normalized spacial score (nSPS) is 19.5. The van der Waals surface area contributed by atoms with Crippen molar-refractivity contribution in [2.45, 2.75) is 31.6 Å². The van der Waals surface area contributed by atoms with Crippen LogP contribution in [-0.4, -0.2) is 5.78 Å². The third-order valence-corrected chi connectivity index (χ3v) is 4.55. The highest BCUT2D eigenvalue weighted by Crippen LogP contribution is 2.37. The Labute approximate surface area is 113 Å². The summed E-state index contributed by atoms with van der Waals surface area (Å²) in [6.07, 6.45) is 4.46. The van der Waals surface area contributed by atoms with Crippen molar-refractivity contribution < 1.29 is 4.79 Å². The summed E-state index contributed by atoms with van der Waals surface area (Å²) >= 11 is 0. The number of hydrogen-bond donors (Lipinski definition) is 0. The molecule has 1 unspecified atom stereocenters. The summed E-state index contributed by atoms with van der Waals surface area (Å²) in [4.78, 5) is 12.6. The minimum absolute atomic E-state index is 0.0932. The van der Waals surface area contributed by atoms with Crippen molar-refractivity contribution in [1.82, 2.24) is 0 Å². The van der Waals surface area contributed by atoms with Crippen LogP contribution in [0.25, 0.3) is 0 Å². The second kappa shape index (κ2) is 4.06. The zero-order valence-electron chi connectivity index (χ0n) is 10.9. The van der Waals surface area contributed by atoms with Crippen LogP contribution in [0.2, 0.25) is 0 Å². The molecule has 0 bridgehead atoms. The lowest BCUT2D eigenvalue weighted by Crippen LogP contribution is -2.25. The van der Waals surface area contributed by atoms with Crippen molar-refractivity contribution in [2.24, 2.45) is 0 Å². The highest BCUT2D eigenvalue weighted by molar-refractivity contribution is 6.02. The Morgan fingerprint density at radius 1 is 0.947 bits per heavy atom. The van der Waals surface area contributed by atoms with Crippen LogP contribution >= 0.6 is 0 Å². The van der Waals surface area contributed by atoms with E-state index in [1.165, 1.54) is 35.1 Å². The van der Waals surface area contributed by atoms with Gasteiger partial charge in [0.1, 0.15) is 0 Å². The first kappa shape index (κ1) is 11.0. The van der Waals surface area contributed by atoms with E-state index in [2.05, 4.69) is 30.3 Å². The van der Waals surface area contributed by atoms with Crippen LogP contribution in [0.15, 0.2) is 42.5 Å². The topological polar surface area (TPSA) is 17.1 Å². The van der Waals surface area contributed by atoms with Gasteiger partial charge in [-0.05, 0) is 54.0 Å². The second-order valence-electron chi connectivity index (χ2n) is 5.66. The zero-order valence-corrected chi connectivity index (χ0v) is 10.9. The number of rotatable bonds is 2. The van der Waals surface area contributed by atoms with Crippen molar-refractivity contribution in [3.05, 3.63) is 70.3 Å². The molecule has 1 heteroatoms. The highest BCUT2D eigenvalue weighted by Gasteiger charge is 2.32. The van der Waals surface area contributed by atoms with Gasteiger partial charge >= 0.3 is 0 Å². The fourth-order valence-corrected chi connectivity index (χ4v) is 3.42. The fourth-order valence-electron chi connectivity index (χ4n) is 3.42. The number of Topliss-reactive ketones (excluding diaryl/α,β-unsaturated/α-hetero) is 1. The molecule has 0 fully saturated rings. The zero-order chi connectivity index (χ0) is 12.8. The molecule has 0 spiro atoms. The summed E-state index contributed by atoms with van der Waals surface area (Å²) in [5, 5.41) is 0. The minimum atomic E-state index is 0.0932. The molecule has 0 saturated carbocycles. The van der Waals surface area contributed by atoms with Crippen molar-refractivity contribution in [3.63, 3.8) is 0 Å². The number of aryl methyl sites for hydroxylation is 2. The first-order valence-electron chi connectivity index (χ1n) is 7.07. The number of hydrogen-bond acceptors (Lipinski definition) is 1. The third kappa shape index (κ3) is 1.65. The van der Waals surface area contributed by atoms with Gasteiger partial charge in [-0.25, -0.2) is 0 Å². The van der Waals surface area contributed by atoms with Crippen molar-refractivity contribution in [2.75, 3.05) is 0 Å². The van der Waals surface area contributed by atoms with E-state index >= 15 is 0 Å². The number of fused-ring (bicyclic) bond motifs is 2. The van der Waals surface area contributed by atoms with E-state index in [0.717, 1.165) is 18.4 Å². The van der Waals surface area contributed by atoms with Gasteiger partial charge in [0.2, 0.25) is 0 Å². The van der Waals surface area contributed by atoms with E-state index in [1.807, 2.05) is 12.1 Å². The molecule has 0 heterocycles. The van der Waals surface area contributed by atoms with Crippen LogP contribution < -0.4 is 0 Å². The molecule has 0 amide bonds. The van der Waals surface area contributed by atoms with Gasteiger partial charge in [-0.15, -0.1) is 0 Å². The van der Waals surface area contributed by atoms with E-state index in [1.54, 1.807) is 0 Å². The van der Waals surface area contributed by atoms with Gasteiger partial charge in [-0.3, -0.25) is 4.79 Å². The van der Waals surface area contributed by atoms with E-state index in [-0.39, 0.29) is 5.92 Å². The molecule has 1 atom stereocenters. The Balaban J connectivity index is 1.66. The van der Waals surface area contributed by atoms with Crippen molar-refractivity contribution in [3.8, 4) is 0 Å². The van der Waals surface area contributed by atoms with E-state index in [0.29, 0.717) is 5.78 Å². The maximum absolute atomic E-state index is 12.6.